The van der Waals surface area contributed by atoms with Crippen LogP contribution in [0.2, 0.25) is 0 Å². The predicted molar refractivity (Wildman–Crippen MR) is 91.5 cm³/mol. The van der Waals surface area contributed by atoms with E-state index in [2.05, 4.69) is 10.4 Å². The van der Waals surface area contributed by atoms with Crippen molar-refractivity contribution in [2.75, 3.05) is 6.54 Å². The fourth-order valence-electron chi connectivity index (χ4n) is 2.66. The average Bonchev–Trinajstić information content (AvgIpc) is 2.86. The molecule has 2 N–H and O–H groups in total. The Balaban J connectivity index is 1.95. The Morgan fingerprint density at radius 1 is 1.12 bits per heavy atom. The third-order valence-electron chi connectivity index (χ3n) is 3.87. The molecule has 6 nitrogen and oxygen atoms in total. The van der Waals surface area contributed by atoms with Crippen molar-refractivity contribution >= 4 is 11.9 Å². The number of amides is 1. The molecule has 128 valence electrons. The van der Waals surface area contributed by atoms with E-state index in [1.54, 1.807) is 4.68 Å². The second-order valence-electron chi connectivity index (χ2n) is 5.75. The molecule has 0 aliphatic heterocycles. The highest BCUT2D eigenvalue weighted by Gasteiger charge is 2.18. The van der Waals surface area contributed by atoms with Gasteiger partial charge < -0.3 is 10.4 Å². The molecule has 1 aromatic heterocycles. The lowest BCUT2D eigenvalue weighted by Gasteiger charge is -2.07. The molecule has 0 fully saturated rings. The third kappa shape index (κ3) is 4.44. The number of unbranched alkanes of at least 4 members (excludes halogenated alkanes) is 2. The van der Waals surface area contributed by atoms with Crippen LogP contribution in [-0.4, -0.2) is 33.3 Å². The summed E-state index contributed by atoms with van der Waals surface area (Å²) >= 11 is 0. The summed E-state index contributed by atoms with van der Waals surface area (Å²) in [6, 6.07) is 9.70. The number of hydrogen-bond donors (Lipinski definition) is 2. The molecule has 0 bridgehead atoms. The number of aryl methyl sites for hydroxylation is 1. The van der Waals surface area contributed by atoms with E-state index in [1.807, 2.05) is 44.2 Å². The topological polar surface area (TPSA) is 84.2 Å². The largest absolute Gasteiger partial charge is 0.481 e. The van der Waals surface area contributed by atoms with Crippen LogP contribution in [0.5, 0.6) is 0 Å². The molecule has 0 saturated heterocycles. The van der Waals surface area contributed by atoms with Gasteiger partial charge >= 0.3 is 5.97 Å². The summed E-state index contributed by atoms with van der Waals surface area (Å²) in [4.78, 5) is 22.9. The van der Waals surface area contributed by atoms with Crippen LogP contribution in [0.4, 0.5) is 0 Å². The normalized spacial score (nSPS) is 10.6. The highest BCUT2D eigenvalue weighted by atomic mass is 16.4. The van der Waals surface area contributed by atoms with Crippen molar-refractivity contribution < 1.29 is 14.7 Å². The van der Waals surface area contributed by atoms with E-state index in [-0.39, 0.29) is 12.3 Å². The highest BCUT2D eigenvalue weighted by Crippen LogP contribution is 2.17. The third-order valence-corrected chi connectivity index (χ3v) is 3.87. The van der Waals surface area contributed by atoms with Gasteiger partial charge in [0.25, 0.3) is 5.91 Å². The van der Waals surface area contributed by atoms with E-state index in [0.717, 1.165) is 24.2 Å². The molecule has 2 rings (SSSR count). The number of aliphatic carboxylic acids is 1. The summed E-state index contributed by atoms with van der Waals surface area (Å²) in [6.07, 6.45) is 2.36. The smallest absolute Gasteiger partial charge is 0.303 e. The Morgan fingerprint density at radius 3 is 2.50 bits per heavy atom. The summed E-state index contributed by atoms with van der Waals surface area (Å²) in [5, 5.41) is 15.9. The minimum Gasteiger partial charge on any atom is -0.481 e. The quantitative estimate of drug-likeness (QED) is 0.729. The van der Waals surface area contributed by atoms with Gasteiger partial charge in [-0.1, -0.05) is 24.6 Å². The summed E-state index contributed by atoms with van der Waals surface area (Å²) < 4.78 is 1.77. The molecule has 1 amide bonds. The van der Waals surface area contributed by atoms with Gasteiger partial charge in [0.2, 0.25) is 0 Å². The molecule has 0 atom stereocenters. The lowest BCUT2D eigenvalue weighted by molar-refractivity contribution is -0.137. The molecule has 0 unspecified atom stereocenters. The van der Waals surface area contributed by atoms with Gasteiger partial charge in [-0.25, -0.2) is 4.68 Å². The summed E-state index contributed by atoms with van der Waals surface area (Å²) in [5.74, 6) is -0.913. The molecule has 0 aliphatic rings. The Kier molecular flexibility index (Phi) is 6.12. The number of carboxylic acid groups (broad SMARTS) is 1. The molecule has 1 heterocycles. The number of benzene rings is 1. The fraction of sp³-hybridized carbons (Fsp3) is 0.389. The van der Waals surface area contributed by atoms with Crippen LogP contribution < -0.4 is 5.32 Å². The van der Waals surface area contributed by atoms with Gasteiger partial charge in [0.05, 0.1) is 22.6 Å². The summed E-state index contributed by atoms with van der Waals surface area (Å²) in [7, 11) is 0. The van der Waals surface area contributed by atoms with Crippen molar-refractivity contribution in [1.82, 2.24) is 15.1 Å². The number of nitrogens with zero attached hydrogens (tertiary/aromatic N) is 2. The van der Waals surface area contributed by atoms with Gasteiger partial charge in [-0.2, -0.15) is 5.10 Å². The van der Waals surface area contributed by atoms with Crippen LogP contribution in [0.1, 0.15) is 47.4 Å². The van der Waals surface area contributed by atoms with E-state index >= 15 is 0 Å². The number of carbonyl (C=O) groups is 2. The molecule has 1 aromatic carbocycles. The molecule has 0 spiro atoms. The number of nitrogens with one attached hydrogen (secondary N) is 1. The van der Waals surface area contributed by atoms with E-state index < -0.39 is 5.97 Å². The minimum absolute atomic E-state index is 0.134. The standard InChI is InChI=1S/C18H23N3O3/c1-13-17(18(24)19-12-8-4-7-11-16(22)23)14(2)21(20-13)15-9-5-3-6-10-15/h3,5-6,9-10H,4,7-8,11-12H2,1-2H3,(H,19,24)(H,22,23). The number of carbonyl (C=O) groups excluding carboxylic acids is 1. The van der Waals surface area contributed by atoms with Crippen molar-refractivity contribution in [1.29, 1.82) is 0 Å². The number of aromatic nitrogens is 2. The van der Waals surface area contributed by atoms with Crippen molar-refractivity contribution in [3.8, 4) is 5.69 Å². The molecule has 24 heavy (non-hydrogen) atoms. The minimum atomic E-state index is -0.779. The predicted octanol–water partition coefficient (Wildman–Crippen LogP) is 2.86. The molecule has 0 aliphatic carbocycles. The van der Waals surface area contributed by atoms with Crippen molar-refractivity contribution in [3.05, 3.63) is 47.3 Å². The van der Waals surface area contributed by atoms with E-state index in [1.165, 1.54) is 0 Å². The van der Waals surface area contributed by atoms with Crippen molar-refractivity contribution in [3.63, 3.8) is 0 Å². The Labute approximate surface area is 141 Å². The molecule has 0 radical (unpaired) electrons. The van der Waals surface area contributed by atoms with Crippen molar-refractivity contribution in [2.24, 2.45) is 0 Å². The monoisotopic (exact) mass is 329 g/mol. The van der Waals surface area contributed by atoms with E-state index in [4.69, 9.17) is 5.11 Å². The molecular formula is C18H23N3O3. The van der Waals surface area contributed by atoms with E-state index in [0.29, 0.717) is 24.2 Å². The van der Waals surface area contributed by atoms with Gasteiger partial charge in [0.1, 0.15) is 0 Å². The van der Waals surface area contributed by atoms with Gasteiger partial charge in [0, 0.05) is 13.0 Å². The number of carboxylic acids is 1. The Bertz CT molecular complexity index is 708. The molecular weight excluding hydrogens is 306 g/mol. The van der Waals surface area contributed by atoms with Crippen LogP contribution in [0.25, 0.3) is 5.69 Å². The van der Waals surface area contributed by atoms with Crippen LogP contribution in [0, 0.1) is 13.8 Å². The lowest BCUT2D eigenvalue weighted by Crippen LogP contribution is -2.25. The first-order chi connectivity index (χ1) is 11.5. The van der Waals surface area contributed by atoms with Crippen molar-refractivity contribution in [2.45, 2.75) is 39.5 Å². The lowest BCUT2D eigenvalue weighted by atomic mass is 10.1. The van der Waals surface area contributed by atoms with Gasteiger partial charge in [-0.15, -0.1) is 0 Å². The summed E-state index contributed by atoms with van der Waals surface area (Å²) in [6.45, 7) is 4.25. The second kappa shape index (κ2) is 8.29. The number of rotatable bonds is 8. The van der Waals surface area contributed by atoms with E-state index in [9.17, 15) is 9.59 Å². The fourth-order valence-corrected chi connectivity index (χ4v) is 2.66. The Morgan fingerprint density at radius 2 is 1.83 bits per heavy atom. The molecule has 6 heteroatoms. The van der Waals surface area contributed by atoms with Crippen LogP contribution in [0.3, 0.4) is 0 Å². The maximum absolute atomic E-state index is 12.4. The zero-order valence-corrected chi connectivity index (χ0v) is 14.1. The first-order valence-electron chi connectivity index (χ1n) is 8.12. The van der Waals surface area contributed by atoms with Crippen LogP contribution in [-0.2, 0) is 4.79 Å². The number of hydrogen-bond acceptors (Lipinski definition) is 3. The van der Waals surface area contributed by atoms with Gasteiger partial charge in [-0.05, 0) is 38.8 Å². The summed E-state index contributed by atoms with van der Waals surface area (Å²) in [5.41, 5.74) is 3.03. The zero-order chi connectivity index (χ0) is 17.5. The Hall–Kier alpha value is -2.63. The number of para-hydroxylation sites is 1. The van der Waals surface area contributed by atoms with Crippen LogP contribution in [0.15, 0.2) is 30.3 Å². The van der Waals surface area contributed by atoms with Crippen LogP contribution >= 0.6 is 0 Å². The maximum atomic E-state index is 12.4. The van der Waals surface area contributed by atoms with Gasteiger partial charge in [0.15, 0.2) is 0 Å². The maximum Gasteiger partial charge on any atom is 0.303 e. The second-order valence-corrected chi connectivity index (χ2v) is 5.75. The first kappa shape index (κ1) is 17.7. The first-order valence-corrected chi connectivity index (χ1v) is 8.12. The SMILES string of the molecule is Cc1nn(-c2ccccc2)c(C)c1C(=O)NCCCCCC(=O)O. The zero-order valence-electron chi connectivity index (χ0n) is 14.1. The van der Waals surface area contributed by atoms with Gasteiger partial charge in [-0.3, -0.25) is 9.59 Å². The highest BCUT2D eigenvalue weighted by molar-refractivity contribution is 5.96. The average molecular weight is 329 g/mol. The molecule has 0 saturated carbocycles. The molecule has 2 aromatic rings.